The highest BCUT2D eigenvalue weighted by Crippen LogP contribution is 2.51. The number of anilines is 1. The molecule has 138 valence electrons. The molecule has 1 N–H and O–H groups in total. The lowest BCUT2D eigenvalue weighted by atomic mass is 9.76. The Bertz CT molecular complexity index is 938. The lowest BCUT2D eigenvalue weighted by molar-refractivity contribution is -0.385. The van der Waals surface area contributed by atoms with Crippen LogP contribution in [-0.2, 0) is 4.74 Å². The molecule has 3 atom stereocenters. The van der Waals surface area contributed by atoms with Crippen molar-refractivity contribution >= 4 is 17.3 Å². The first-order valence-electron chi connectivity index (χ1n) is 9.07. The van der Waals surface area contributed by atoms with Crippen molar-refractivity contribution in [1.82, 2.24) is 0 Å². The van der Waals surface area contributed by atoms with Crippen LogP contribution in [0.15, 0.2) is 54.6 Å². The van der Waals surface area contributed by atoms with Gasteiger partial charge in [-0.05, 0) is 43.0 Å². The van der Waals surface area contributed by atoms with Crippen molar-refractivity contribution in [1.29, 1.82) is 0 Å². The van der Waals surface area contributed by atoms with Crippen molar-refractivity contribution in [3.63, 3.8) is 0 Å². The van der Waals surface area contributed by atoms with E-state index in [1.165, 1.54) is 0 Å². The van der Waals surface area contributed by atoms with E-state index in [0.717, 1.165) is 17.7 Å². The Kier molecular flexibility index (Phi) is 4.39. The fraction of sp³-hybridized carbons (Fsp3) is 0.286. The number of hydrogen-bond donors (Lipinski definition) is 1. The molecule has 0 fully saturated rings. The maximum Gasteiger partial charge on any atom is 0.338 e. The Hall–Kier alpha value is -3.15. The first kappa shape index (κ1) is 17.3. The summed E-state index contributed by atoms with van der Waals surface area (Å²) >= 11 is 0. The van der Waals surface area contributed by atoms with Gasteiger partial charge in [-0.25, -0.2) is 4.79 Å². The molecular weight excluding hydrogens is 344 g/mol. The molecule has 2 aromatic rings. The summed E-state index contributed by atoms with van der Waals surface area (Å²) in [6.45, 7) is 2.12. The van der Waals surface area contributed by atoms with Crippen LogP contribution in [-0.4, -0.2) is 17.5 Å². The Labute approximate surface area is 157 Å². The molecule has 0 saturated carbocycles. The van der Waals surface area contributed by atoms with Crippen LogP contribution in [0, 0.1) is 16.0 Å². The second-order valence-electron chi connectivity index (χ2n) is 6.81. The normalized spacial score (nSPS) is 22.5. The number of nitrogens with one attached hydrogen (secondary N) is 1. The summed E-state index contributed by atoms with van der Waals surface area (Å²) < 4.78 is 5.11. The highest BCUT2D eigenvalue weighted by molar-refractivity contribution is 5.90. The number of benzene rings is 2. The largest absolute Gasteiger partial charge is 0.462 e. The summed E-state index contributed by atoms with van der Waals surface area (Å²) in [5, 5.41) is 15.0. The summed E-state index contributed by atoms with van der Waals surface area (Å²) in [5.41, 5.74) is 3.29. The first-order valence-corrected chi connectivity index (χ1v) is 9.07. The average molecular weight is 364 g/mol. The van der Waals surface area contributed by atoms with Crippen LogP contribution in [0.25, 0.3) is 0 Å². The van der Waals surface area contributed by atoms with E-state index in [1.807, 2.05) is 24.3 Å². The monoisotopic (exact) mass is 364 g/mol. The second kappa shape index (κ2) is 6.87. The van der Waals surface area contributed by atoms with Gasteiger partial charge < -0.3 is 10.1 Å². The third-order valence-electron chi connectivity index (χ3n) is 5.34. The Morgan fingerprint density at radius 3 is 2.85 bits per heavy atom. The van der Waals surface area contributed by atoms with E-state index >= 15 is 0 Å². The lowest BCUT2D eigenvalue weighted by Crippen LogP contribution is -2.29. The van der Waals surface area contributed by atoms with Gasteiger partial charge in [0.2, 0.25) is 0 Å². The molecule has 0 spiro atoms. The number of allylic oxidation sites excluding steroid dienone is 2. The zero-order chi connectivity index (χ0) is 19.0. The van der Waals surface area contributed by atoms with Crippen LogP contribution >= 0.6 is 0 Å². The number of ether oxygens (including phenoxy) is 1. The molecule has 1 aliphatic heterocycles. The molecule has 27 heavy (non-hydrogen) atoms. The van der Waals surface area contributed by atoms with Crippen LogP contribution in [0.5, 0.6) is 0 Å². The van der Waals surface area contributed by atoms with Gasteiger partial charge in [0.1, 0.15) is 0 Å². The van der Waals surface area contributed by atoms with Crippen LogP contribution in [0.4, 0.5) is 11.4 Å². The molecule has 0 bridgehead atoms. The molecule has 0 radical (unpaired) electrons. The Morgan fingerprint density at radius 2 is 2.07 bits per heavy atom. The van der Waals surface area contributed by atoms with E-state index in [9.17, 15) is 14.9 Å². The number of hydrogen-bond acceptors (Lipinski definition) is 5. The summed E-state index contributed by atoms with van der Waals surface area (Å²) in [6.07, 6.45) is 5.09. The fourth-order valence-electron chi connectivity index (χ4n) is 4.16. The highest BCUT2D eigenvalue weighted by Gasteiger charge is 2.40. The summed E-state index contributed by atoms with van der Waals surface area (Å²) in [7, 11) is 0. The summed E-state index contributed by atoms with van der Waals surface area (Å²) in [6, 6.07) is 12.2. The van der Waals surface area contributed by atoms with E-state index < -0.39 is 0 Å². The smallest absolute Gasteiger partial charge is 0.338 e. The first-order chi connectivity index (χ1) is 13.1. The molecule has 0 aromatic heterocycles. The number of fused-ring (bicyclic) bond motifs is 3. The average Bonchev–Trinajstić information content (AvgIpc) is 3.17. The van der Waals surface area contributed by atoms with Crippen molar-refractivity contribution in [2.75, 3.05) is 11.9 Å². The SMILES string of the molecule is CCOC(=O)c1ccc2c(c1)[C@H]1C=CC[C@H]1[C@@H](c1ccccc1[N+](=O)[O-])N2. The molecule has 2 aliphatic rings. The molecule has 1 aliphatic carbocycles. The van der Waals surface area contributed by atoms with Crippen LogP contribution in [0.3, 0.4) is 0 Å². The Morgan fingerprint density at radius 1 is 1.26 bits per heavy atom. The lowest BCUT2D eigenvalue weighted by Gasteiger charge is -2.37. The summed E-state index contributed by atoms with van der Waals surface area (Å²) in [4.78, 5) is 23.3. The van der Waals surface area contributed by atoms with Gasteiger partial charge in [-0.1, -0.05) is 30.4 Å². The van der Waals surface area contributed by atoms with Gasteiger partial charge in [-0.2, -0.15) is 0 Å². The third kappa shape index (κ3) is 2.97. The maximum atomic E-state index is 12.1. The van der Waals surface area contributed by atoms with Gasteiger partial charge in [-0.3, -0.25) is 10.1 Å². The maximum absolute atomic E-state index is 12.1. The molecule has 1 heterocycles. The van der Waals surface area contributed by atoms with E-state index in [4.69, 9.17) is 4.74 Å². The minimum atomic E-state index is -0.334. The number of nitrogens with zero attached hydrogens (tertiary/aromatic N) is 1. The zero-order valence-corrected chi connectivity index (χ0v) is 14.9. The zero-order valence-electron chi connectivity index (χ0n) is 14.9. The molecule has 6 heteroatoms. The van der Waals surface area contributed by atoms with Crippen molar-refractivity contribution in [2.24, 2.45) is 5.92 Å². The molecular formula is C21H20N2O4. The fourth-order valence-corrected chi connectivity index (χ4v) is 4.16. The van der Waals surface area contributed by atoms with E-state index in [0.29, 0.717) is 17.7 Å². The number of nitro groups is 1. The standard InChI is InChI=1S/C21H20N2O4/c1-2-27-21(24)13-10-11-18-17(12-13)14-7-5-8-15(14)20(22-18)16-6-3-4-9-19(16)23(25)26/h3-7,9-12,14-15,20,22H,2,8H2,1H3/t14-,15+,20-/m0/s1. The van der Waals surface area contributed by atoms with E-state index in [1.54, 1.807) is 25.1 Å². The van der Waals surface area contributed by atoms with Gasteiger partial charge in [0.25, 0.3) is 5.69 Å². The molecule has 0 unspecified atom stereocenters. The number of para-hydroxylation sites is 1. The molecule has 4 rings (SSSR count). The van der Waals surface area contributed by atoms with Crippen molar-refractivity contribution < 1.29 is 14.5 Å². The van der Waals surface area contributed by atoms with Crippen LogP contribution < -0.4 is 5.32 Å². The Balaban J connectivity index is 1.75. The van der Waals surface area contributed by atoms with Gasteiger partial charge in [-0.15, -0.1) is 0 Å². The second-order valence-corrected chi connectivity index (χ2v) is 6.81. The van der Waals surface area contributed by atoms with Crippen LogP contribution in [0.1, 0.15) is 46.8 Å². The number of carbonyl (C=O) groups is 1. The molecule has 0 amide bonds. The van der Waals surface area contributed by atoms with Gasteiger partial charge in [0.15, 0.2) is 0 Å². The number of esters is 1. The number of rotatable bonds is 4. The van der Waals surface area contributed by atoms with Gasteiger partial charge in [0, 0.05) is 17.7 Å². The van der Waals surface area contributed by atoms with Crippen LogP contribution in [0.2, 0.25) is 0 Å². The van der Waals surface area contributed by atoms with Crippen molar-refractivity contribution in [3.8, 4) is 0 Å². The van der Waals surface area contributed by atoms with E-state index in [2.05, 4.69) is 17.5 Å². The minimum Gasteiger partial charge on any atom is -0.462 e. The van der Waals surface area contributed by atoms with Crippen molar-refractivity contribution in [3.05, 3.63) is 81.4 Å². The van der Waals surface area contributed by atoms with Gasteiger partial charge >= 0.3 is 5.97 Å². The number of nitro benzene ring substituents is 1. The predicted molar refractivity (Wildman–Crippen MR) is 102 cm³/mol. The highest BCUT2D eigenvalue weighted by atomic mass is 16.6. The number of carbonyl (C=O) groups excluding carboxylic acids is 1. The van der Waals surface area contributed by atoms with Crippen molar-refractivity contribution in [2.45, 2.75) is 25.3 Å². The minimum absolute atomic E-state index is 0.112. The third-order valence-corrected chi connectivity index (χ3v) is 5.34. The topological polar surface area (TPSA) is 81.5 Å². The quantitative estimate of drug-likeness (QED) is 0.371. The predicted octanol–water partition coefficient (Wildman–Crippen LogP) is 4.60. The molecule has 6 nitrogen and oxygen atoms in total. The van der Waals surface area contributed by atoms with Gasteiger partial charge in [0.05, 0.1) is 28.7 Å². The molecule has 0 saturated heterocycles. The molecule has 2 aromatic carbocycles. The van der Waals surface area contributed by atoms with E-state index in [-0.39, 0.29) is 34.5 Å². The summed E-state index contributed by atoms with van der Waals surface area (Å²) in [5.74, 6) is -0.0591.